The Hall–Kier alpha value is -3.69. The number of esters is 1. The summed E-state index contributed by atoms with van der Waals surface area (Å²) in [6, 6.07) is 9.70. The first-order chi connectivity index (χ1) is 17.4. The van der Waals surface area contributed by atoms with Gasteiger partial charge in [-0.2, -0.15) is 13.2 Å². The van der Waals surface area contributed by atoms with Crippen LogP contribution in [0.15, 0.2) is 42.5 Å². The summed E-state index contributed by atoms with van der Waals surface area (Å²) in [5, 5.41) is 0.888. The van der Waals surface area contributed by atoms with Crippen molar-refractivity contribution < 1.29 is 37.0 Å². The van der Waals surface area contributed by atoms with E-state index >= 15 is 0 Å². The van der Waals surface area contributed by atoms with E-state index in [4.69, 9.17) is 14.2 Å². The second-order valence-corrected chi connectivity index (χ2v) is 9.93. The minimum absolute atomic E-state index is 0.0349. The van der Waals surface area contributed by atoms with Crippen LogP contribution in [0.2, 0.25) is 0 Å². The second kappa shape index (κ2) is 9.99. The zero-order chi connectivity index (χ0) is 27.0. The Morgan fingerprint density at radius 1 is 1.08 bits per heavy atom. The van der Waals surface area contributed by atoms with Crippen molar-refractivity contribution in [1.82, 2.24) is 9.88 Å². The lowest BCUT2D eigenvalue weighted by atomic mass is 9.95. The van der Waals surface area contributed by atoms with Crippen molar-refractivity contribution in [2.45, 2.75) is 58.0 Å². The number of hydrogen-bond acceptors (Lipinski definition) is 5. The first kappa shape index (κ1) is 26.4. The third-order valence-electron chi connectivity index (χ3n) is 6.13. The number of methoxy groups -OCH3 is 1. The highest BCUT2D eigenvalue weighted by atomic mass is 19.4. The predicted molar refractivity (Wildman–Crippen MR) is 130 cm³/mol. The number of rotatable bonds is 5. The molecule has 1 N–H and O–H groups in total. The summed E-state index contributed by atoms with van der Waals surface area (Å²) in [6.07, 6.45) is -4.39. The molecule has 4 rings (SSSR count). The number of hydrogen-bond donors (Lipinski definition) is 1. The number of amides is 1. The maximum atomic E-state index is 12.9. The van der Waals surface area contributed by atoms with Gasteiger partial charge in [-0.3, -0.25) is 9.69 Å². The molecule has 0 fully saturated rings. The van der Waals surface area contributed by atoms with Crippen LogP contribution >= 0.6 is 0 Å². The van der Waals surface area contributed by atoms with Gasteiger partial charge in [-0.25, -0.2) is 4.79 Å². The number of aromatic amines is 1. The molecule has 0 aliphatic carbocycles. The average molecular weight is 519 g/mol. The molecule has 0 bridgehead atoms. The number of nitrogens with zero attached hydrogens (tertiary/aromatic N) is 1. The zero-order valence-electron chi connectivity index (χ0n) is 21.1. The van der Waals surface area contributed by atoms with E-state index in [2.05, 4.69) is 4.98 Å². The topological polar surface area (TPSA) is 80.9 Å². The fraction of sp³-hybridized carbons (Fsp3) is 0.407. The minimum Gasteiger partial charge on any atom is -0.489 e. The number of carbonyl (C=O) groups excluding carboxylic acids is 2. The van der Waals surface area contributed by atoms with Crippen molar-refractivity contribution in [3.8, 4) is 5.75 Å². The molecule has 0 saturated heterocycles. The third-order valence-corrected chi connectivity index (χ3v) is 6.13. The van der Waals surface area contributed by atoms with Crippen LogP contribution in [0.5, 0.6) is 5.75 Å². The largest absolute Gasteiger partial charge is 0.489 e. The molecule has 1 atom stereocenters. The Bertz CT molecular complexity index is 1290. The molecular weight excluding hydrogens is 489 g/mol. The van der Waals surface area contributed by atoms with E-state index in [9.17, 15) is 22.8 Å². The van der Waals surface area contributed by atoms with E-state index in [1.54, 1.807) is 31.7 Å². The normalized spacial score (nSPS) is 15.9. The van der Waals surface area contributed by atoms with Gasteiger partial charge in [0.15, 0.2) is 0 Å². The van der Waals surface area contributed by atoms with Gasteiger partial charge in [0.05, 0.1) is 25.1 Å². The summed E-state index contributed by atoms with van der Waals surface area (Å²) in [5.74, 6) is 0.0962. The summed E-state index contributed by atoms with van der Waals surface area (Å²) in [7, 11) is 1.30. The lowest BCUT2D eigenvalue weighted by molar-refractivity contribution is -0.142. The van der Waals surface area contributed by atoms with Crippen LogP contribution in [0.4, 0.5) is 18.0 Å². The van der Waals surface area contributed by atoms with Crippen LogP contribution in [-0.2, 0) is 33.5 Å². The van der Waals surface area contributed by atoms with Crippen LogP contribution in [0.1, 0.15) is 55.6 Å². The molecule has 10 heteroatoms. The average Bonchev–Trinajstić information content (AvgIpc) is 3.20. The van der Waals surface area contributed by atoms with E-state index in [-0.39, 0.29) is 13.0 Å². The number of aromatic nitrogens is 1. The number of H-pyrrole nitrogens is 1. The van der Waals surface area contributed by atoms with E-state index in [0.717, 1.165) is 34.3 Å². The summed E-state index contributed by atoms with van der Waals surface area (Å²) >= 11 is 0. The molecular formula is C27H29F3N2O5. The first-order valence-corrected chi connectivity index (χ1v) is 11.9. The molecule has 1 unspecified atom stereocenters. The van der Waals surface area contributed by atoms with Crippen molar-refractivity contribution in [3.63, 3.8) is 0 Å². The number of carbonyl (C=O) groups is 2. The molecule has 1 aromatic heterocycles. The van der Waals surface area contributed by atoms with Crippen molar-refractivity contribution in [3.05, 3.63) is 64.8 Å². The molecule has 1 aliphatic rings. The van der Waals surface area contributed by atoms with Crippen LogP contribution in [0.3, 0.4) is 0 Å². The first-order valence-electron chi connectivity index (χ1n) is 11.9. The lowest BCUT2D eigenvalue weighted by Gasteiger charge is -2.36. The standard InChI is InChI=1S/C27H29F3N2O5/c1-26(2,3)37-25(34)32-12-11-19-20-13-18(36-15-16-5-7-17(8-6-16)27(28,29)30)9-10-21(20)31-24(19)22(32)14-23(33)35-4/h5-10,13,22,31H,11-12,14-15H2,1-4H3. The van der Waals surface area contributed by atoms with Crippen molar-refractivity contribution in [2.24, 2.45) is 0 Å². The van der Waals surface area contributed by atoms with E-state index in [0.29, 0.717) is 24.3 Å². The Balaban J connectivity index is 1.58. The summed E-state index contributed by atoms with van der Waals surface area (Å²) in [6.45, 7) is 5.81. The molecule has 2 heterocycles. The van der Waals surface area contributed by atoms with Gasteiger partial charge < -0.3 is 19.2 Å². The molecule has 0 radical (unpaired) electrons. The van der Waals surface area contributed by atoms with Gasteiger partial charge in [0.25, 0.3) is 0 Å². The van der Waals surface area contributed by atoms with Gasteiger partial charge in [-0.15, -0.1) is 0 Å². The molecule has 198 valence electrons. The molecule has 0 spiro atoms. The lowest BCUT2D eigenvalue weighted by Crippen LogP contribution is -2.43. The molecule has 0 saturated carbocycles. The van der Waals surface area contributed by atoms with Gasteiger partial charge in [-0.05, 0) is 68.7 Å². The van der Waals surface area contributed by atoms with Gasteiger partial charge in [0.2, 0.25) is 0 Å². The Morgan fingerprint density at radius 2 is 1.78 bits per heavy atom. The molecule has 1 aliphatic heterocycles. The smallest absolute Gasteiger partial charge is 0.416 e. The SMILES string of the molecule is COC(=O)CC1c2[nH]c3ccc(OCc4ccc(C(F)(F)F)cc4)cc3c2CCN1C(=O)OC(C)(C)C. The van der Waals surface area contributed by atoms with Crippen molar-refractivity contribution >= 4 is 23.0 Å². The van der Waals surface area contributed by atoms with Gasteiger partial charge in [0.1, 0.15) is 18.0 Å². The maximum Gasteiger partial charge on any atom is 0.416 e. The Morgan fingerprint density at radius 3 is 2.41 bits per heavy atom. The molecule has 37 heavy (non-hydrogen) atoms. The van der Waals surface area contributed by atoms with Crippen molar-refractivity contribution in [2.75, 3.05) is 13.7 Å². The van der Waals surface area contributed by atoms with Gasteiger partial charge in [0, 0.05) is 23.1 Å². The Labute approximate surface area is 212 Å². The molecule has 7 nitrogen and oxygen atoms in total. The highest BCUT2D eigenvalue weighted by Crippen LogP contribution is 2.38. The third kappa shape index (κ3) is 6.00. The van der Waals surface area contributed by atoms with Crippen LogP contribution in [0.25, 0.3) is 10.9 Å². The van der Waals surface area contributed by atoms with E-state index in [1.165, 1.54) is 19.2 Å². The molecule has 1 amide bonds. The summed E-state index contributed by atoms with van der Waals surface area (Å²) in [5.41, 5.74) is 1.72. The van der Waals surface area contributed by atoms with Crippen LogP contribution in [0, 0.1) is 0 Å². The van der Waals surface area contributed by atoms with Gasteiger partial charge >= 0.3 is 18.2 Å². The number of alkyl halides is 3. The number of benzene rings is 2. The second-order valence-electron chi connectivity index (χ2n) is 9.93. The van der Waals surface area contributed by atoms with Gasteiger partial charge in [-0.1, -0.05) is 12.1 Å². The number of halogens is 3. The quantitative estimate of drug-likeness (QED) is 0.409. The summed E-state index contributed by atoms with van der Waals surface area (Å²) in [4.78, 5) is 30.0. The fourth-order valence-corrected chi connectivity index (χ4v) is 4.38. The number of ether oxygens (including phenoxy) is 3. The molecule has 3 aromatic rings. The Kier molecular flexibility index (Phi) is 7.12. The predicted octanol–water partition coefficient (Wildman–Crippen LogP) is 6.16. The van der Waals surface area contributed by atoms with E-state index in [1.807, 2.05) is 12.1 Å². The monoisotopic (exact) mass is 518 g/mol. The van der Waals surface area contributed by atoms with E-state index < -0.39 is 35.4 Å². The number of fused-ring (bicyclic) bond motifs is 3. The minimum atomic E-state index is -4.39. The van der Waals surface area contributed by atoms with Crippen LogP contribution < -0.4 is 4.74 Å². The maximum absolute atomic E-state index is 12.9. The summed E-state index contributed by atoms with van der Waals surface area (Å²) < 4.78 is 54.7. The number of nitrogens with one attached hydrogen (secondary N) is 1. The highest BCUT2D eigenvalue weighted by Gasteiger charge is 2.37. The van der Waals surface area contributed by atoms with Crippen molar-refractivity contribution in [1.29, 1.82) is 0 Å². The molecule has 2 aromatic carbocycles. The fourth-order valence-electron chi connectivity index (χ4n) is 4.38. The zero-order valence-corrected chi connectivity index (χ0v) is 21.1. The van der Waals surface area contributed by atoms with Crippen LogP contribution in [-0.4, -0.2) is 41.2 Å². The highest BCUT2D eigenvalue weighted by molar-refractivity contribution is 5.87.